The van der Waals surface area contributed by atoms with Crippen molar-refractivity contribution in [3.8, 4) is 0 Å². The summed E-state index contributed by atoms with van der Waals surface area (Å²) in [5, 5.41) is 10.8. The zero-order valence-corrected chi connectivity index (χ0v) is 14.2. The summed E-state index contributed by atoms with van der Waals surface area (Å²) in [4.78, 5) is 13.0. The van der Waals surface area contributed by atoms with Crippen LogP contribution >= 0.6 is 0 Å². The lowest BCUT2D eigenvalue weighted by Crippen LogP contribution is -2.61. The van der Waals surface area contributed by atoms with E-state index in [9.17, 15) is 9.90 Å². The van der Waals surface area contributed by atoms with Crippen molar-refractivity contribution in [1.29, 1.82) is 0 Å². The fraction of sp³-hybridized carbons (Fsp3) is 0.750. The second-order valence-electron chi connectivity index (χ2n) is 8.82. The first-order chi connectivity index (χ1) is 10.3. The van der Waals surface area contributed by atoms with E-state index >= 15 is 0 Å². The van der Waals surface area contributed by atoms with Crippen LogP contribution in [0.2, 0.25) is 0 Å². The van der Waals surface area contributed by atoms with E-state index in [1.807, 2.05) is 0 Å². The Morgan fingerprint density at radius 1 is 1.23 bits per heavy atom. The monoisotopic (exact) mass is 300 g/mol. The van der Waals surface area contributed by atoms with E-state index in [-0.39, 0.29) is 22.9 Å². The molecule has 0 radical (unpaired) electrons. The molecule has 0 unspecified atom stereocenters. The molecule has 0 bridgehead atoms. The van der Waals surface area contributed by atoms with Crippen LogP contribution in [-0.2, 0) is 4.79 Å². The summed E-state index contributed by atoms with van der Waals surface area (Å²) in [5.74, 6) is 1.93. The molecule has 2 fully saturated rings. The SMILES string of the molecule is CC1=CC[C@@H]2[C@@H](C)C[C@H](O)[C@@H]3CC(=O)[C@@]4(C)CC=C1[C@H]4[C@@]23C. The molecule has 1 N–H and O–H groups in total. The van der Waals surface area contributed by atoms with Gasteiger partial charge >= 0.3 is 0 Å². The molecule has 0 aromatic rings. The molecule has 0 spiro atoms. The molecule has 0 aliphatic heterocycles. The minimum atomic E-state index is -0.315. The number of rotatable bonds is 0. The molecule has 22 heavy (non-hydrogen) atoms. The molecular weight excluding hydrogens is 272 g/mol. The number of hydrogen-bond donors (Lipinski definition) is 1. The van der Waals surface area contributed by atoms with Gasteiger partial charge in [0, 0.05) is 17.8 Å². The van der Waals surface area contributed by atoms with Crippen molar-refractivity contribution in [1.82, 2.24) is 0 Å². The quantitative estimate of drug-likeness (QED) is 0.736. The van der Waals surface area contributed by atoms with Gasteiger partial charge < -0.3 is 5.11 Å². The number of aliphatic hydroxyl groups excluding tert-OH is 1. The van der Waals surface area contributed by atoms with Crippen molar-refractivity contribution in [2.24, 2.45) is 34.5 Å². The normalized spacial score (nSPS) is 53.5. The van der Waals surface area contributed by atoms with Gasteiger partial charge in [0.1, 0.15) is 5.78 Å². The second-order valence-corrected chi connectivity index (χ2v) is 8.82. The third-order valence-electron chi connectivity index (χ3n) is 7.85. The molecule has 7 atom stereocenters. The first-order valence-electron chi connectivity index (χ1n) is 8.88. The number of carbonyl (C=O) groups is 1. The number of Topliss-reactive ketones (excluding diaryl/α,β-unsaturated/α-hetero) is 1. The van der Waals surface area contributed by atoms with Gasteiger partial charge in [-0.05, 0) is 54.9 Å². The maximum Gasteiger partial charge on any atom is 0.140 e. The first kappa shape index (κ1) is 14.7. The van der Waals surface area contributed by atoms with Crippen LogP contribution in [0.25, 0.3) is 0 Å². The van der Waals surface area contributed by atoms with Crippen molar-refractivity contribution >= 4 is 5.78 Å². The molecule has 0 aromatic carbocycles. The average molecular weight is 300 g/mol. The molecule has 0 aromatic heterocycles. The minimum absolute atomic E-state index is 0.0519. The van der Waals surface area contributed by atoms with Crippen LogP contribution in [0.3, 0.4) is 0 Å². The molecular formula is C20H28O2. The zero-order valence-electron chi connectivity index (χ0n) is 14.2. The Labute approximate surface area is 133 Å². The summed E-state index contributed by atoms with van der Waals surface area (Å²) < 4.78 is 0. The van der Waals surface area contributed by atoms with Crippen LogP contribution in [0.5, 0.6) is 0 Å². The number of ketones is 1. The Morgan fingerprint density at radius 3 is 2.68 bits per heavy atom. The van der Waals surface area contributed by atoms with Crippen LogP contribution in [0, 0.1) is 34.5 Å². The van der Waals surface area contributed by atoms with Gasteiger partial charge in [0.15, 0.2) is 0 Å². The van der Waals surface area contributed by atoms with E-state index in [4.69, 9.17) is 0 Å². The molecule has 2 heteroatoms. The van der Waals surface area contributed by atoms with Crippen molar-refractivity contribution < 1.29 is 9.90 Å². The molecule has 2 saturated carbocycles. The van der Waals surface area contributed by atoms with Crippen LogP contribution in [0.15, 0.2) is 23.3 Å². The van der Waals surface area contributed by atoms with Crippen molar-refractivity contribution in [2.45, 2.75) is 59.5 Å². The van der Waals surface area contributed by atoms with Crippen molar-refractivity contribution in [3.05, 3.63) is 23.3 Å². The third kappa shape index (κ3) is 1.52. The van der Waals surface area contributed by atoms with E-state index in [0.29, 0.717) is 30.0 Å². The second kappa shape index (κ2) is 4.35. The summed E-state index contributed by atoms with van der Waals surface area (Å²) in [6, 6.07) is 0. The minimum Gasteiger partial charge on any atom is -0.393 e. The third-order valence-corrected chi connectivity index (χ3v) is 7.85. The van der Waals surface area contributed by atoms with Crippen molar-refractivity contribution in [3.63, 3.8) is 0 Å². The highest BCUT2D eigenvalue weighted by atomic mass is 16.3. The highest BCUT2D eigenvalue weighted by Gasteiger charge is 2.66. The standard InChI is InChI=1S/C20H28O2/c1-11-5-6-14-12(2)9-16(21)15-10-17(22)19(3)8-7-13(11)18(19)20(14,15)4/h5,7,12,14-16,18,21H,6,8-10H2,1-4H3/t12-,14+,15-,16-,18+,19+,20-/m0/s1. The molecule has 2 nitrogen and oxygen atoms in total. The Morgan fingerprint density at radius 2 is 1.95 bits per heavy atom. The molecule has 4 rings (SSSR count). The fourth-order valence-electron chi connectivity index (χ4n) is 6.72. The first-order valence-corrected chi connectivity index (χ1v) is 8.88. The topological polar surface area (TPSA) is 37.3 Å². The number of carbonyl (C=O) groups excluding carboxylic acids is 1. The lowest BCUT2D eigenvalue weighted by atomic mass is 9.42. The van der Waals surface area contributed by atoms with E-state index < -0.39 is 0 Å². The summed E-state index contributed by atoms with van der Waals surface area (Å²) >= 11 is 0. The van der Waals surface area contributed by atoms with E-state index in [2.05, 4.69) is 39.8 Å². The maximum atomic E-state index is 13.0. The molecule has 0 amide bonds. The van der Waals surface area contributed by atoms with E-state index in [1.54, 1.807) is 0 Å². The molecule has 4 aliphatic carbocycles. The largest absolute Gasteiger partial charge is 0.393 e. The average Bonchev–Trinajstić information content (AvgIpc) is 2.76. The summed E-state index contributed by atoms with van der Waals surface area (Å²) in [6.07, 6.45) is 7.84. The van der Waals surface area contributed by atoms with Crippen LogP contribution in [0.4, 0.5) is 0 Å². The molecule has 0 heterocycles. The van der Waals surface area contributed by atoms with Gasteiger partial charge in [0.2, 0.25) is 0 Å². The van der Waals surface area contributed by atoms with Gasteiger partial charge in [-0.1, -0.05) is 38.5 Å². The molecule has 120 valence electrons. The van der Waals surface area contributed by atoms with E-state index in [1.165, 1.54) is 11.1 Å². The Bertz CT molecular complexity index is 601. The van der Waals surface area contributed by atoms with Gasteiger partial charge in [-0.15, -0.1) is 0 Å². The lowest BCUT2D eigenvalue weighted by molar-refractivity contribution is -0.172. The summed E-state index contributed by atoms with van der Waals surface area (Å²) in [6.45, 7) is 9.10. The highest BCUT2D eigenvalue weighted by Crippen LogP contribution is 2.68. The van der Waals surface area contributed by atoms with E-state index in [0.717, 1.165) is 19.3 Å². The maximum absolute atomic E-state index is 13.0. The van der Waals surface area contributed by atoms with Gasteiger partial charge in [0.05, 0.1) is 6.10 Å². The Kier molecular flexibility index (Phi) is 2.90. The Balaban J connectivity index is 1.95. The van der Waals surface area contributed by atoms with Gasteiger partial charge in [0.25, 0.3) is 0 Å². The predicted octanol–water partition coefficient (Wildman–Crippen LogP) is 3.90. The van der Waals surface area contributed by atoms with Gasteiger partial charge in [-0.25, -0.2) is 0 Å². The lowest BCUT2D eigenvalue weighted by Gasteiger charge is -2.61. The van der Waals surface area contributed by atoms with Crippen LogP contribution in [-0.4, -0.2) is 17.0 Å². The zero-order chi connectivity index (χ0) is 15.9. The van der Waals surface area contributed by atoms with Crippen LogP contribution < -0.4 is 0 Å². The fourth-order valence-corrected chi connectivity index (χ4v) is 6.72. The predicted molar refractivity (Wildman–Crippen MR) is 87.2 cm³/mol. The summed E-state index contributed by atoms with van der Waals surface area (Å²) in [7, 11) is 0. The number of hydrogen-bond acceptors (Lipinski definition) is 2. The van der Waals surface area contributed by atoms with Crippen molar-refractivity contribution in [2.75, 3.05) is 0 Å². The summed E-state index contributed by atoms with van der Waals surface area (Å²) in [5.41, 5.74) is 2.59. The molecule has 0 saturated heterocycles. The number of allylic oxidation sites excluding steroid dienone is 4. The van der Waals surface area contributed by atoms with Gasteiger partial charge in [-0.2, -0.15) is 0 Å². The Hall–Kier alpha value is -0.890. The highest BCUT2D eigenvalue weighted by molar-refractivity contribution is 5.88. The van der Waals surface area contributed by atoms with Gasteiger partial charge in [-0.3, -0.25) is 4.79 Å². The number of aliphatic hydroxyl groups is 1. The smallest absolute Gasteiger partial charge is 0.140 e. The van der Waals surface area contributed by atoms with Crippen LogP contribution in [0.1, 0.15) is 53.4 Å². The molecule has 4 aliphatic rings.